The Morgan fingerprint density at radius 1 is 1.00 bits per heavy atom. The Kier molecular flexibility index (Phi) is 5.17. The van der Waals surface area contributed by atoms with Crippen LogP contribution in [0.5, 0.6) is 0 Å². The van der Waals surface area contributed by atoms with Crippen molar-refractivity contribution in [1.82, 2.24) is 19.5 Å². The molecule has 0 radical (unpaired) electrons. The summed E-state index contributed by atoms with van der Waals surface area (Å²) >= 11 is 0. The van der Waals surface area contributed by atoms with Crippen molar-refractivity contribution in [1.29, 1.82) is 0 Å². The Morgan fingerprint density at radius 3 is 2.11 bits per heavy atom. The first kappa shape index (κ1) is 19.3. The number of hydrogen-bond acceptors (Lipinski definition) is 4. The van der Waals surface area contributed by atoms with E-state index in [9.17, 15) is 8.42 Å². The lowest BCUT2D eigenvalue weighted by molar-refractivity contribution is 0.565. The van der Waals surface area contributed by atoms with Crippen molar-refractivity contribution in [2.75, 3.05) is 0 Å². The van der Waals surface area contributed by atoms with Crippen LogP contribution in [0.4, 0.5) is 0 Å². The molecule has 1 N–H and O–H groups in total. The van der Waals surface area contributed by atoms with E-state index in [0.29, 0.717) is 4.90 Å². The number of nitrogens with zero attached hydrogens (tertiary/aromatic N) is 3. The van der Waals surface area contributed by atoms with Gasteiger partial charge in [-0.25, -0.2) is 22.8 Å². The molecule has 0 amide bonds. The van der Waals surface area contributed by atoms with Gasteiger partial charge < -0.3 is 0 Å². The van der Waals surface area contributed by atoms with Crippen molar-refractivity contribution >= 4 is 10.0 Å². The second-order valence-corrected chi connectivity index (χ2v) is 8.51. The Balaban J connectivity index is 1.88. The molecule has 6 nitrogen and oxygen atoms in total. The third kappa shape index (κ3) is 3.79. The fourth-order valence-electron chi connectivity index (χ4n) is 3.20. The zero-order valence-corrected chi connectivity index (χ0v) is 17.0. The van der Waals surface area contributed by atoms with E-state index in [0.717, 1.165) is 33.5 Å². The van der Waals surface area contributed by atoms with Crippen molar-refractivity contribution < 1.29 is 8.42 Å². The van der Waals surface area contributed by atoms with Gasteiger partial charge in [-0.15, -0.1) is 0 Å². The van der Waals surface area contributed by atoms with Crippen LogP contribution in [0.2, 0.25) is 0 Å². The molecule has 0 bridgehead atoms. The smallest absolute Gasteiger partial charge is 0.223 e. The van der Waals surface area contributed by atoms with Gasteiger partial charge in [-0.3, -0.25) is 0 Å². The van der Waals surface area contributed by atoms with Gasteiger partial charge in [0.25, 0.3) is 0 Å². The van der Waals surface area contributed by atoms with Gasteiger partial charge in [-0.1, -0.05) is 18.2 Å². The molecule has 0 aliphatic carbocycles. The predicted molar refractivity (Wildman–Crippen MR) is 105 cm³/mol. The van der Waals surface area contributed by atoms with E-state index in [4.69, 9.17) is 0 Å². The van der Waals surface area contributed by atoms with E-state index in [1.54, 1.807) is 11.0 Å². The van der Waals surface area contributed by atoms with E-state index < -0.39 is 10.0 Å². The quantitative estimate of drug-likeness (QED) is 0.730. The lowest BCUT2D eigenvalue weighted by Crippen LogP contribution is -2.28. The molecule has 1 aromatic heterocycles. The molecule has 1 heterocycles. The molecular weight excluding hydrogens is 360 g/mol. The summed E-state index contributed by atoms with van der Waals surface area (Å²) in [4.78, 5) is 4.31. The van der Waals surface area contributed by atoms with Gasteiger partial charge in [0, 0.05) is 6.04 Å². The Labute approximate surface area is 160 Å². The number of aromatic nitrogens is 3. The third-order valence-electron chi connectivity index (χ3n) is 4.97. The minimum absolute atomic E-state index is 0.362. The van der Waals surface area contributed by atoms with E-state index in [1.807, 2.05) is 65.0 Å². The van der Waals surface area contributed by atoms with Gasteiger partial charge in [0.05, 0.1) is 10.6 Å². The maximum absolute atomic E-state index is 13.1. The number of hydrogen-bond donors (Lipinski definition) is 1. The summed E-state index contributed by atoms with van der Waals surface area (Å²) in [6.07, 6.45) is 3.09. The van der Waals surface area contributed by atoms with Gasteiger partial charge in [0.2, 0.25) is 10.0 Å². The van der Waals surface area contributed by atoms with Gasteiger partial charge in [0.1, 0.15) is 12.7 Å². The molecular formula is C20H24N4O2S. The number of rotatable bonds is 5. The van der Waals surface area contributed by atoms with Crippen LogP contribution in [0.15, 0.2) is 47.9 Å². The zero-order valence-electron chi connectivity index (χ0n) is 16.2. The van der Waals surface area contributed by atoms with E-state index in [1.165, 1.54) is 6.33 Å². The average molecular weight is 385 g/mol. The van der Waals surface area contributed by atoms with Gasteiger partial charge in [-0.05, 0) is 74.6 Å². The zero-order chi connectivity index (χ0) is 19.8. The molecule has 0 saturated carbocycles. The molecule has 3 rings (SSSR count). The average Bonchev–Trinajstić information content (AvgIpc) is 3.14. The molecule has 0 spiro atoms. The van der Waals surface area contributed by atoms with Crippen molar-refractivity contribution in [2.24, 2.45) is 0 Å². The van der Waals surface area contributed by atoms with Crippen molar-refractivity contribution in [3.05, 3.63) is 70.8 Å². The predicted octanol–water partition coefficient (Wildman–Crippen LogP) is 3.54. The number of aryl methyl sites for hydroxylation is 2. The summed E-state index contributed by atoms with van der Waals surface area (Å²) in [5.41, 5.74) is 5.28. The summed E-state index contributed by atoms with van der Waals surface area (Å²) in [6.45, 7) is 9.43. The number of benzene rings is 2. The summed E-state index contributed by atoms with van der Waals surface area (Å²) in [7, 11) is -3.64. The van der Waals surface area contributed by atoms with Crippen molar-refractivity contribution in [2.45, 2.75) is 45.6 Å². The molecule has 142 valence electrons. The number of nitrogens with one attached hydrogen (secondary N) is 1. The third-order valence-corrected chi connectivity index (χ3v) is 6.79. The van der Waals surface area contributed by atoms with Crippen LogP contribution in [0, 0.1) is 27.7 Å². The first-order chi connectivity index (χ1) is 12.7. The Morgan fingerprint density at radius 2 is 1.59 bits per heavy atom. The first-order valence-corrected chi connectivity index (χ1v) is 10.2. The molecule has 0 aliphatic rings. The lowest BCUT2D eigenvalue weighted by atomic mass is 10.0. The monoisotopic (exact) mass is 384 g/mol. The van der Waals surface area contributed by atoms with Crippen molar-refractivity contribution in [3.63, 3.8) is 0 Å². The number of sulfonamides is 1. The maximum atomic E-state index is 13.1. The topological polar surface area (TPSA) is 76.9 Å². The molecule has 3 aromatic rings. The standard InChI is InChI=1S/C20H24N4O2S/c1-13-10-14(2)16(4)20(15(13)3)27(25,26)23-17(5)18-6-8-19(9-7-18)24-12-21-11-22-24/h6-12,17,23H,1-5H3/t17-/m1/s1. The van der Waals surface area contributed by atoms with Crippen LogP contribution in [-0.4, -0.2) is 23.2 Å². The van der Waals surface area contributed by atoms with Crippen LogP contribution in [-0.2, 0) is 10.0 Å². The fraction of sp³-hybridized carbons (Fsp3) is 0.300. The van der Waals surface area contributed by atoms with Gasteiger partial charge in [-0.2, -0.15) is 5.10 Å². The lowest BCUT2D eigenvalue weighted by Gasteiger charge is -2.19. The molecule has 0 aliphatic heterocycles. The minimum atomic E-state index is -3.64. The van der Waals surface area contributed by atoms with Crippen LogP contribution in [0.3, 0.4) is 0 Å². The normalized spacial score (nSPS) is 12.9. The molecule has 1 atom stereocenters. The summed E-state index contributed by atoms with van der Waals surface area (Å²) < 4.78 is 30.6. The largest absolute Gasteiger partial charge is 0.241 e. The van der Waals surface area contributed by atoms with Gasteiger partial charge in [0.15, 0.2) is 0 Å². The van der Waals surface area contributed by atoms with Crippen LogP contribution in [0.1, 0.15) is 40.8 Å². The van der Waals surface area contributed by atoms with Crippen LogP contribution < -0.4 is 4.72 Å². The Hall–Kier alpha value is -2.51. The summed E-state index contributed by atoms with van der Waals surface area (Å²) in [5, 5.41) is 4.09. The minimum Gasteiger partial charge on any atom is -0.223 e. The van der Waals surface area contributed by atoms with E-state index in [2.05, 4.69) is 14.8 Å². The van der Waals surface area contributed by atoms with Gasteiger partial charge >= 0.3 is 0 Å². The molecule has 27 heavy (non-hydrogen) atoms. The molecule has 0 saturated heterocycles. The second kappa shape index (κ2) is 7.25. The Bertz CT molecular complexity index is 1030. The highest BCUT2D eigenvalue weighted by molar-refractivity contribution is 7.89. The fourth-order valence-corrected chi connectivity index (χ4v) is 5.05. The van der Waals surface area contributed by atoms with E-state index >= 15 is 0 Å². The molecule has 7 heteroatoms. The summed E-state index contributed by atoms with van der Waals surface area (Å²) in [5.74, 6) is 0. The first-order valence-electron chi connectivity index (χ1n) is 8.75. The highest BCUT2D eigenvalue weighted by atomic mass is 32.2. The SMILES string of the molecule is Cc1cc(C)c(C)c(S(=O)(=O)N[C@H](C)c2ccc(-n3cncn3)cc2)c1C. The highest BCUT2D eigenvalue weighted by Gasteiger charge is 2.24. The maximum Gasteiger partial charge on any atom is 0.241 e. The molecule has 0 fully saturated rings. The van der Waals surface area contributed by atoms with E-state index in [-0.39, 0.29) is 6.04 Å². The second-order valence-electron chi connectivity index (χ2n) is 6.86. The van der Waals surface area contributed by atoms with Crippen LogP contribution in [0.25, 0.3) is 5.69 Å². The summed E-state index contributed by atoms with van der Waals surface area (Å²) in [6, 6.07) is 9.23. The van der Waals surface area contributed by atoms with Crippen molar-refractivity contribution in [3.8, 4) is 5.69 Å². The molecule has 0 unspecified atom stereocenters. The molecule has 2 aromatic carbocycles. The highest BCUT2D eigenvalue weighted by Crippen LogP contribution is 2.27. The van der Waals surface area contributed by atoms with Crippen LogP contribution >= 0.6 is 0 Å².